The van der Waals surface area contributed by atoms with E-state index < -0.39 is 5.82 Å². The first kappa shape index (κ1) is 30.8. The summed E-state index contributed by atoms with van der Waals surface area (Å²) in [6.07, 6.45) is 10.3. The van der Waals surface area contributed by atoms with Crippen molar-refractivity contribution >= 4 is 34.0 Å². The highest BCUT2D eigenvalue weighted by atomic mass is 19.1. The summed E-state index contributed by atoms with van der Waals surface area (Å²) < 4.78 is 26.1. The summed E-state index contributed by atoms with van der Waals surface area (Å²) in [5.74, 6) is -0.00120. The van der Waals surface area contributed by atoms with Gasteiger partial charge in [-0.2, -0.15) is 5.10 Å². The average molecular weight is 664 g/mol. The second-order valence-corrected chi connectivity index (χ2v) is 12.8. The number of carbonyl (C=O) groups is 2. The zero-order valence-electron chi connectivity index (χ0n) is 27.4. The van der Waals surface area contributed by atoms with Crippen LogP contribution < -0.4 is 9.64 Å². The van der Waals surface area contributed by atoms with Crippen LogP contribution in [0.5, 0.6) is 5.75 Å². The van der Waals surface area contributed by atoms with Gasteiger partial charge in [-0.15, -0.1) is 5.10 Å². The van der Waals surface area contributed by atoms with Crippen LogP contribution in [0.25, 0.3) is 27.6 Å². The molecule has 0 saturated carbocycles. The quantitative estimate of drug-likeness (QED) is 0.262. The lowest BCUT2D eigenvalue weighted by atomic mass is 9.93. The van der Waals surface area contributed by atoms with Crippen LogP contribution in [0.3, 0.4) is 0 Å². The first-order valence-electron chi connectivity index (χ1n) is 16.9. The maximum Gasteiger partial charge on any atom is 0.270 e. The van der Waals surface area contributed by atoms with Gasteiger partial charge in [0, 0.05) is 74.9 Å². The number of rotatable bonds is 8. The number of aryl methyl sites for hydroxylation is 2. The lowest BCUT2D eigenvalue weighted by molar-refractivity contribution is -0.131. The average Bonchev–Trinajstić information content (AvgIpc) is 3.97. The summed E-state index contributed by atoms with van der Waals surface area (Å²) in [7, 11) is 1.61. The third-order valence-corrected chi connectivity index (χ3v) is 9.97. The van der Waals surface area contributed by atoms with E-state index in [0.29, 0.717) is 68.1 Å². The number of fused-ring (bicyclic) bond motifs is 2. The van der Waals surface area contributed by atoms with Crippen LogP contribution in [-0.2, 0) is 24.3 Å². The Kier molecular flexibility index (Phi) is 8.10. The third-order valence-electron chi connectivity index (χ3n) is 9.97. The number of benzene rings is 2. The number of methoxy groups -OCH3 is 1. The second-order valence-electron chi connectivity index (χ2n) is 12.8. The summed E-state index contributed by atoms with van der Waals surface area (Å²) in [6, 6.07) is 11.2. The molecule has 1 saturated heterocycles. The Labute approximate surface area is 282 Å². The van der Waals surface area contributed by atoms with Crippen molar-refractivity contribution in [3.05, 3.63) is 83.8 Å². The number of piperazine rings is 1. The van der Waals surface area contributed by atoms with E-state index in [4.69, 9.17) is 4.74 Å². The van der Waals surface area contributed by atoms with E-state index in [0.717, 1.165) is 36.1 Å². The van der Waals surface area contributed by atoms with E-state index in [2.05, 4.69) is 30.0 Å². The first-order valence-corrected chi connectivity index (χ1v) is 16.9. The van der Waals surface area contributed by atoms with Crippen molar-refractivity contribution in [3.8, 4) is 16.9 Å². The second kappa shape index (κ2) is 12.9. The summed E-state index contributed by atoms with van der Waals surface area (Å²) >= 11 is 0. The van der Waals surface area contributed by atoms with Crippen LogP contribution in [0.15, 0.2) is 61.1 Å². The van der Waals surface area contributed by atoms with Gasteiger partial charge >= 0.3 is 0 Å². The van der Waals surface area contributed by atoms with Crippen molar-refractivity contribution in [3.63, 3.8) is 0 Å². The molecule has 2 amide bonds. The summed E-state index contributed by atoms with van der Waals surface area (Å²) in [4.78, 5) is 36.2. The molecule has 0 radical (unpaired) electrons. The van der Waals surface area contributed by atoms with Gasteiger partial charge in [0.25, 0.3) is 5.91 Å². The van der Waals surface area contributed by atoms with Crippen LogP contribution >= 0.6 is 0 Å². The highest BCUT2D eigenvalue weighted by Gasteiger charge is 2.29. The molecule has 1 fully saturated rings. The maximum absolute atomic E-state index is 16.7. The van der Waals surface area contributed by atoms with Gasteiger partial charge in [0.1, 0.15) is 11.4 Å². The van der Waals surface area contributed by atoms with E-state index in [1.807, 2.05) is 47.5 Å². The molecule has 6 heterocycles. The van der Waals surface area contributed by atoms with Crippen LogP contribution in [0.2, 0.25) is 0 Å². The molecule has 49 heavy (non-hydrogen) atoms. The molecule has 5 aromatic rings. The van der Waals surface area contributed by atoms with Crippen LogP contribution in [-0.4, -0.2) is 97.8 Å². The number of halogens is 1. The molecule has 3 aliphatic heterocycles. The smallest absolute Gasteiger partial charge is 0.270 e. The van der Waals surface area contributed by atoms with Crippen molar-refractivity contribution in [2.24, 2.45) is 0 Å². The number of hydrogen-bond acceptors (Lipinski definition) is 7. The number of ether oxygens (including phenoxy) is 1. The van der Waals surface area contributed by atoms with Gasteiger partial charge in [-0.1, -0.05) is 29.5 Å². The van der Waals surface area contributed by atoms with Crippen LogP contribution in [0, 0.1) is 5.82 Å². The number of aromatic amines is 1. The number of anilines is 1. The maximum atomic E-state index is 16.7. The van der Waals surface area contributed by atoms with Gasteiger partial charge in [0.05, 0.1) is 42.9 Å². The molecule has 3 aliphatic rings. The SMILES string of the molecule is COc1ccccc1-c1cc(C2=CCCN(C(=O)CCn3ccnn3)C2)c(F)c2[nH]c(C(=O)N3CCN(c4cnn5c4CCC5)CC3)cc12. The fourth-order valence-electron chi connectivity index (χ4n) is 7.40. The fourth-order valence-corrected chi connectivity index (χ4v) is 7.40. The molecule has 1 N–H and O–H groups in total. The molecule has 12 nitrogen and oxygen atoms in total. The largest absolute Gasteiger partial charge is 0.496 e. The van der Waals surface area contributed by atoms with E-state index in [-0.39, 0.29) is 30.3 Å². The van der Waals surface area contributed by atoms with Gasteiger partial charge < -0.3 is 24.4 Å². The van der Waals surface area contributed by atoms with Crippen molar-refractivity contribution < 1.29 is 18.7 Å². The van der Waals surface area contributed by atoms with Crippen molar-refractivity contribution in [2.45, 2.75) is 38.8 Å². The fraction of sp³-hybridized carbons (Fsp3) is 0.361. The highest BCUT2D eigenvalue weighted by molar-refractivity contribution is 6.05. The molecule has 0 unspecified atom stereocenters. The van der Waals surface area contributed by atoms with E-state index >= 15 is 4.39 Å². The van der Waals surface area contributed by atoms with Crippen molar-refractivity contribution in [2.75, 3.05) is 51.3 Å². The zero-order valence-corrected chi connectivity index (χ0v) is 27.4. The van der Waals surface area contributed by atoms with Crippen molar-refractivity contribution in [1.29, 1.82) is 0 Å². The minimum absolute atomic E-state index is 0.0295. The van der Waals surface area contributed by atoms with E-state index in [1.54, 1.807) is 35.2 Å². The number of para-hydroxylation sites is 1. The lowest BCUT2D eigenvalue weighted by Gasteiger charge is -2.35. The number of carbonyl (C=O) groups excluding carboxylic acids is 2. The number of nitrogens with one attached hydrogen (secondary N) is 1. The number of hydrogen-bond donors (Lipinski definition) is 1. The Morgan fingerprint density at radius 1 is 1.00 bits per heavy atom. The van der Waals surface area contributed by atoms with Crippen LogP contribution in [0.4, 0.5) is 10.1 Å². The van der Waals surface area contributed by atoms with Gasteiger partial charge in [-0.05, 0) is 48.6 Å². The standard InChI is InChI=1S/C36H38FN9O3/c1-49-32-9-3-2-7-25(32)27-20-26(24-6-4-12-44(23-24)33(47)10-14-45-15-11-38-41-45)34(37)35-28(27)21-29(40-35)36(48)43-18-16-42(17-19-43)31-22-39-46-13-5-8-30(31)46/h2-3,6-7,9,11,15,20-22,40H,4-5,8,10,12-14,16-19,23H2,1H3. The third kappa shape index (κ3) is 5.72. The van der Waals surface area contributed by atoms with E-state index in [9.17, 15) is 9.59 Å². The topological polar surface area (TPSA) is 117 Å². The number of amides is 2. The number of nitrogens with zero attached hydrogens (tertiary/aromatic N) is 8. The molecule has 0 aliphatic carbocycles. The summed E-state index contributed by atoms with van der Waals surface area (Å²) in [5, 5.41) is 12.9. The van der Waals surface area contributed by atoms with Crippen molar-refractivity contribution in [1.82, 2.24) is 39.6 Å². The molecule has 13 heteroatoms. The Morgan fingerprint density at radius 2 is 1.86 bits per heavy atom. The van der Waals surface area contributed by atoms with Gasteiger partial charge in [0.15, 0.2) is 5.82 Å². The highest BCUT2D eigenvalue weighted by Crippen LogP contribution is 2.40. The molecule has 252 valence electrons. The Hall–Kier alpha value is -5.46. The Morgan fingerprint density at radius 3 is 2.67 bits per heavy atom. The molecule has 3 aromatic heterocycles. The summed E-state index contributed by atoms with van der Waals surface area (Å²) in [5.41, 5.74) is 5.68. The molecular formula is C36H38FN9O3. The monoisotopic (exact) mass is 663 g/mol. The first-order chi connectivity index (χ1) is 24.0. The predicted molar refractivity (Wildman–Crippen MR) is 183 cm³/mol. The molecule has 0 spiro atoms. The molecule has 0 bridgehead atoms. The lowest BCUT2D eigenvalue weighted by Crippen LogP contribution is -2.49. The normalized spacial score (nSPS) is 16.3. The molecular weight excluding hydrogens is 625 g/mol. The number of aromatic nitrogens is 6. The summed E-state index contributed by atoms with van der Waals surface area (Å²) in [6.45, 7) is 4.74. The Bertz CT molecular complexity index is 2060. The predicted octanol–water partition coefficient (Wildman–Crippen LogP) is 4.39. The molecule has 8 rings (SSSR count). The number of H-pyrrole nitrogens is 1. The minimum Gasteiger partial charge on any atom is -0.496 e. The van der Waals surface area contributed by atoms with Gasteiger partial charge in [-0.3, -0.25) is 19.0 Å². The van der Waals surface area contributed by atoms with Gasteiger partial charge in [0.2, 0.25) is 5.91 Å². The zero-order chi connectivity index (χ0) is 33.5. The Balaban J connectivity index is 1.09. The van der Waals surface area contributed by atoms with Crippen LogP contribution in [0.1, 0.15) is 41.0 Å². The minimum atomic E-state index is -0.448. The molecule has 0 atom stereocenters. The van der Waals surface area contributed by atoms with Gasteiger partial charge in [-0.25, -0.2) is 4.39 Å². The molecule has 2 aromatic carbocycles. The van der Waals surface area contributed by atoms with E-state index in [1.165, 1.54) is 11.4 Å².